The Morgan fingerprint density at radius 3 is 2.67 bits per heavy atom. The smallest absolute Gasteiger partial charge is 0.145 e. The molecule has 0 aliphatic heterocycles. The normalized spacial score (nSPS) is 12.4. The van der Waals surface area contributed by atoms with Crippen molar-refractivity contribution in [3.8, 4) is 0 Å². The Morgan fingerprint density at radius 1 is 1.47 bits per heavy atom. The molecule has 1 aromatic rings. The molecule has 0 bridgehead atoms. The highest BCUT2D eigenvalue weighted by Crippen LogP contribution is 2.14. The summed E-state index contributed by atoms with van der Waals surface area (Å²) in [5, 5.41) is 3.38. The van der Waals surface area contributed by atoms with Gasteiger partial charge in [-0.05, 0) is 31.9 Å². The van der Waals surface area contributed by atoms with E-state index in [1.807, 2.05) is 25.4 Å². The van der Waals surface area contributed by atoms with Gasteiger partial charge in [0.2, 0.25) is 0 Å². The lowest BCUT2D eigenvalue weighted by molar-refractivity contribution is 0.494. The van der Waals surface area contributed by atoms with Gasteiger partial charge < -0.3 is 5.32 Å². The molecule has 0 fully saturated rings. The number of nitrogens with zero attached hydrogens (tertiary/aromatic N) is 2. The molecule has 1 rings (SSSR count). The van der Waals surface area contributed by atoms with Crippen LogP contribution in [0.1, 0.15) is 37.2 Å². The van der Waals surface area contributed by atoms with Crippen molar-refractivity contribution < 1.29 is 0 Å². The molecular weight excluding hydrogens is 186 g/mol. The van der Waals surface area contributed by atoms with E-state index in [4.69, 9.17) is 0 Å². The summed E-state index contributed by atoms with van der Waals surface area (Å²) in [6, 6.07) is 0.244. The summed E-state index contributed by atoms with van der Waals surface area (Å²) in [4.78, 5) is 8.68. The Hall–Kier alpha value is -1.22. The fourth-order valence-corrected chi connectivity index (χ4v) is 1.44. The van der Waals surface area contributed by atoms with Crippen LogP contribution in [-0.2, 0) is 0 Å². The van der Waals surface area contributed by atoms with Crippen molar-refractivity contribution in [3.05, 3.63) is 36.4 Å². The molecule has 3 heteroatoms. The minimum atomic E-state index is 0.244. The highest BCUT2D eigenvalue weighted by atomic mass is 15.0. The van der Waals surface area contributed by atoms with Crippen molar-refractivity contribution in [2.45, 2.75) is 32.7 Å². The number of hydrogen-bond donors (Lipinski definition) is 1. The SMILES string of the molecule is C=CCCC(NCC)c1ncc(C)cn1. The number of allylic oxidation sites excluding steroid dienone is 1. The first-order valence-electron chi connectivity index (χ1n) is 5.40. The lowest BCUT2D eigenvalue weighted by Gasteiger charge is -2.15. The van der Waals surface area contributed by atoms with Crippen molar-refractivity contribution in [3.63, 3.8) is 0 Å². The second-order valence-corrected chi connectivity index (χ2v) is 3.59. The van der Waals surface area contributed by atoms with Crippen molar-refractivity contribution in [1.29, 1.82) is 0 Å². The topological polar surface area (TPSA) is 37.8 Å². The largest absolute Gasteiger partial charge is 0.308 e. The standard InChI is InChI=1S/C12H19N3/c1-4-6-7-11(13-5-2)12-14-8-10(3)9-15-12/h4,8-9,11,13H,1,5-7H2,2-3H3. The zero-order valence-corrected chi connectivity index (χ0v) is 9.53. The molecule has 0 amide bonds. The van der Waals surface area contributed by atoms with Gasteiger partial charge in [-0.15, -0.1) is 6.58 Å². The number of aromatic nitrogens is 2. The summed E-state index contributed by atoms with van der Waals surface area (Å²) in [5.74, 6) is 0.879. The van der Waals surface area contributed by atoms with Crippen LogP contribution in [0, 0.1) is 6.92 Å². The fourth-order valence-electron chi connectivity index (χ4n) is 1.44. The molecule has 0 aromatic carbocycles. The number of rotatable bonds is 6. The van der Waals surface area contributed by atoms with Crippen LogP contribution in [0.25, 0.3) is 0 Å². The van der Waals surface area contributed by atoms with Crippen molar-refractivity contribution in [1.82, 2.24) is 15.3 Å². The maximum Gasteiger partial charge on any atom is 0.145 e. The molecule has 1 aromatic heterocycles. The third-order valence-electron chi connectivity index (χ3n) is 2.22. The van der Waals surface area contributed by atoms with Crippen LogP contribution in [0.5, 0.6) is 0 Å². The molecule has 1 heterocycles. The lowest BCUT2D eigenvalue weighted by atomic mass is 10.1. The van der Waals surface area contributed by atoms with Crippen LogP contribution >= 0.6 is 0 Å². The number of aryl methyl sites for hydroxylation is 1. The van der Waals surface area contributed by atoms with E-state index in [-0.39, 0.29) is 6.04 Å². The Bertz CT molecular complexity index is 292. The third-order valence-corrected chi connectivity index (χ3v) is 2.22. The molecule has 0 spiro atoms. The summed E-state index contributed by atoms with van der Waals surface area (Å²) >= 11 is 0. The first-order valence-corrected chi connectivity index (χ1v) is 5.40. The van der Waals surface area contributed by atoms with Crippen LogP contribution in [0.15, 0.2) is 25.0 Å². The molecule has 82 valence electrons. The van der Waals surface area contributed by atoms with Gasteiger partial charge in [0.05, 0.1) is 6.04 Å². The minimum absolute atomic E-state index is 0.244. The van der Waals surface area contributed by atoms with Crippen LogP contribution in [0.3, 0.4) is 0 Å². The molecule has 1 N–H and O–H groups in total. The predicted molar refractivity (Wildman–Crippen MR) is 62.6 cm³/mol. The predicted octanol–water partition coefficient (Wildman–Crippen LogP) is 2.40. The minimum Gasteiger partial charge on any atom is -0.308 e. The molecule has 1 atom stereocenters. The van der Waals surface area contributed by atoms with Gasteiger partial charge >= 0.3 is 0 Å². The molecular formula is C12H19N3. The zero-order chi connectivity index (χ0) is 11.1. The summed E-state index contributed by atoms with van der Waals surface area (Å²) in [5.41, 5.74) is 1.10. The highest BCUT2D eigenvalue weighted by molar-refractivity contribution is 5.04. The van der Waals surface area contributed by atoms with E-state index < -0.39 is 0 Å². The maximum atomic E-state index is 4.34. The molecule has 15 heavy (non-hydrogen) atoms. The Labute approximate surface area is 91.7 Å². The molecule has 0 saturated heterocycles. The van der Waals surface area contributed by atoms with Gasteiger partial charge in [-0.2, -0.15) is 0 Å². The van der Waals surface area contributed by atoms with E-state index >= 15 is 0 Å². The average Bonchev–Trinajstić information content (AvgIpc) is 2.25. The third kappa shape index (κ3) is 3.80. The quantitative estimate of drug-likeness (QED) is 0.725. The summed E-state index contributed by atoms with van der Waals surface area (Å²) < 4.78 is 0. The number of hydrogen-bond acceptors (Lipinski definition) is 3. The fraction of sp³-hybridized carbons (Fsp3) is 0.500. The summed E-state index contributed by atoms with van der Waals surface area (Å²) in [6.07, 6.45) is 7.63. The van der Waals surface area contributed by atoms with Gasteiger partial charge in [0.25, 0.3) is 0 Å². The van der Waals surface area contributed by atoms with Crippen LogP contribution in [0.2, 0.25) is 0 Å². The van der Waals surface area contributed by atoms with Crippen molar-refractivity contribution in [2.75, 3.05) is 6.54 Å². The Kier molecular flexibility index (Phi) is 4.98. The second kappa shape index (κ2) is 6.30. The molecule has 0 radical (unpaired) electrons. The van der Waals surface area contributed by atoms with Gasteiger partial charge in [0, 0.05) is 12.4 Å². The van der Waals surface area contributed by atoms with Crippen LogP contribution < -0.4 is 5.32 Å². The van der Waals surface area contributed by atoms with Gasteiger partial charge in [0.1, 0.15) is 5.82 Å². The van der Waals surface area contributed by atoms with E-state index in [0.717, 1.165) is 30.8 Å². The first-order chi connectivity index (χ1) is 7.27. The van der Waals surface area contributed by atoms with Gasteiger partial charge in [-0.25, -0.2) is 9.97 Å². The lowest BCUT2D eigenvalue weighted by Crippen LogP contribution is -2.22. The van der Waals surface area contributed by atoms with E-state index in [1.165, 1.54) is 0 Å². The van der Waals surface area contributed by atoms with Gasteiger partial charge in [0.15, 0.2) is 0 Å². The molecule has 0 saturated carbocycles. The van der Waals surface area contributed by atoms with Crippen LogP contribution in [-0.4, -0.2) is 16.5 Å². The summed E-state index contributed by atoms with van der Waals surface area (Å²) in [6.45, 7) is 8.75. The highest BCUT2D eigenvalue weighted by Gasteiger charge is 2.11. The molecule has 0 aliphatic rings. The second-order valence-electron chi connectivity index (χ2n) is 3.59. The van der Waals surface area contributed by atoms with E-state index in [0.29, 0.717) is 0 Å². The number of nitrogens with one attached hydrogen (secondary N) is 1. The van der Waals surface area contributed by atoms with Crippen LogP contribution in [0.4, 0.5) is 0 Å². The van der Waals surface area contributed by atoms with Gasteiger partial charge in [-0.1, -0.05) is 13.0 Å². The van der Waals surface area contributed by atoms with E-state index in [9.17, 15) is 0 Å². The van der Waals surface area contributed by atoms with E-state index in [2.05, 4.69) is 28.8 Å². The maximum absolute atomic E-state index is 4.34. The van der Waals surface area contributed by atoms with E-state index in [1.54, 1.807) is 0 Å². The molecule has 3 nitrogen and oxygen atoms in total. The summed E-state index contributed by atoms with van der Waals surface area (Å²) in [7, 11) is 0. The van der Waals surface area contributed by atoms with Crippen molar-refractivity contribution >= 4 is 0 Å². The Morgan fingerprint density at radius 2 is 2.13 bits per heavy atom. The zero-order valence-electron chi connectivity index (χ0n) is 9.53. The first kappa shape index (κ1) is 11.9. The average molecular weight is 205 g/mol. The molecule has 1 unspecified atom stereocenters. The van der Waals surface area contributed by atoms with Crippen molar-refractivity contribution in [2.24, 2.45) is 0 Å². The monoisotopic (exact) mass is 205 g/mol. The molecule has 0 aliphatic carbocycles. The van der Waals surface area contributed by atoms with Gasteiger partial charge in [-0.3, -0.25) is 0 Å². The Balaban J connectivity index is 2.69.